The van der Waals surface area contributed by atoms with Gasteiger partial charge in [0, 0.05) is 18.5 Å². The standard InChI is InChI=1S/C11H16ClN3/c1-3-7-5-8(7)13-11-6-9(12)14-10(4-2)15-11/h6-8H,3-5H2,1-2H3,(H,13,14,15). The summed E-state index contributed by atoms with van der Waals surface area (Å²) in [6, 6.07) is 2.39. The van der Waals surface area contributed by atoms with Crippen LogP contribution >= 0.6 is 11.6 Å². The number of rotatable bonds is 4. The minimum Gasteiger partial charge on any atom is -0.367 e. The molecule has 2 rings (SSSR count). The molecule has 2 atom stereocenters. The molecule has 0 bridgehead atoms. The monoisotopic (exact) mass is 225 g/mol. The van der Waals surface area contributed by atoms with Crippen LogP contribution in [0.2, 0.25) is 5.15 Å². The molecule has 3 nitrogen and oxygen atoms in total. The first-order chi connectivity index (χ1) is 7.22. The highest BCUT2D eigenvalue weighted by Gasteiger charge is 2.35. The van der Waals surface area contributed by atoms with Crippen molar-refractivity contribution in [2.75, 3.05) is 5.32 Å². The predicted molar refractivity (Wildman–Crippen MR) is 62.2 cm³/mol. The molecule has 2 unspecified atom stereocenters. The van der Waals surface area contributed by atoms with Gasteiger partial charge in [0.15, 0.2) is 0 Å². The Morgan fingerprint density at radius 3 is 2.87 bits per heavy atom. The van der Waals surface area contributed by atoms with E-state index in [0.29, 0.717) is 11.2 Å². The third kappa shape index (κ3) is 2.59. The maximum Gasteiger partial charge on any atom is 0.134 e. The zero-order chi connectivity index (χ0) is 10.8. The topological polar surface area (TPSA) is 37.8 Å². The Kier molecular flexibility index (Phi) is 3.10. The summed E-state index contributed by atoms with van der Waals surface area (Å²) in [6.45, 7) is 4.25. The number of nitrogens with zero attached hydrogens (tertiary/aromatic N) is 2. The molecule has 1 aliphatic carbocycles. The van der Waals surface area contributed by atoms with Crippen molar-refractivity contribution in [2.24, 2.45) is 5.92 Å². The largest absolute Gasteiger partial charge is 0.367 e. The Morgan fingerprint density at radius 2 is 2.27 bits per heavy atom. The summed E-state index contributed by atoms with van der Waals surface area (Å²) in [4.78, 5) is 8.53. The molecule has 0 spiro atoms. The first-order valence-electron chi connectivity index (χ1n) is 5.53. The van der Waals surface area contributed by atoms with Gasteiger partial charge in [-0.1, -0.05) is 31.9 Å². The lowest BCUT2D eigenvalue weighted by Gasteiger charge is -2.06. The SMILES string of the molecule is CCc1nc(Cl)cc(NC2CC2CC)n1. The zero-order valence-corrected chi connectivity index (χ0v) is 9.88. The number of aryl methyl sites for hydroxylation is 1. The van der Waals surface area contributed by atoms with Crippen LogP contribution in [0.1, 0.15) is 32.5 Å². The maximum absolute atomic E-state index is 5.91. The second-order valence-electron chi connectivity index (χ2n) is 4.00. The van der Waals surface area contributed by atoms with Crippen molar-refractivity contribution < 1.29 is 0 Å². The van der Waals surface area contributed by atoms with E-state index in [1.165, 1.54) is 12.8 Å². The fraction of sp³-hybridized carbons (Fsp3) is 0.636. The molecular weight excluding hydrogens is 210 g/mol. The van der Waals surface area contributed by atoms with Gasteiger partial charge in [0.25, 0.3) is 0 Å². The second-order valence-corrected chi connectivity index (χ2v) is 4.39. The number of aromatic nitrogens is 2. The van der Waals surface area contributed by atoms with E-state index in [1.807, 2.05) is 6.92 Å². The molecule has 4 heteroatoms. The summed E-state index contributed by atoms with van der Waals surface area (Å²) < 4.78 is 0. The third-order valence-electron chi connectivity index (χ3n) is 2.84. The van der Waals surface area contributed by atoms with Crippen LogP contribution in [0.25, 0.3) is 0 Å². The molecule has 1 heterocycles. The molecule has 1 N–H and O–H groups in total. The van der Waals surface area contributed by atoms with Crippen LogP contribution in [0, 0.1) is 5.92 Å². The number of halogens is 1. The number of anilines is 1. The molecule has 0 aromatic carbocycles. The molecule has 0 aliphatic heterocycles. The molecule has 0 amide bonds. The first kappa shape index (κ1) is 10.7. The van der Waals surface area contributed by atoms with E-state index in [1.54, 1.807) is 6.07 Å². The summed E-state index contributed by atoms with van der Waals surface area (Å²) in [7, 11) is 0. The molecule has 1 aromatic rings. The summed E-state index contributed by atoms with van der Waals surface area (Å²) in [5.41, 5.74) is 0. The smallest absolute Gasteiger partial charge is 0.134 e. The quantitative estimate of drug-likeness (QED) is 0.801. The highest BCUT2D eigenvalue weighted by Crippen LogP contribution is 2.35. The van der Waals surface area contributed by atoms with Crippen molar-refractivity contribution in [1.29, 1.82) is 0 Å². The van der Waals surface area contributed by atoms with Crippen LogP contribution in [-0.2, 0) is 6.42 Å². The number of hydrogen-bond donors (Lipinski definition) is 1. The van der Waals surface area contributed by atoms with E-state index in [-0.39, 0.29) is 0 Å². The molecule has 1 aliphatic rings. The summed E-state index contributed by atoms with van der Waals surface area (Å²) in [6.07, 6.45) is 3.30. The van der Waals surface area contributed by atoms with Gasteiger partial charge < -0.3 is 5.32 Å². The van der Waals surface area contributed by atoms with Crippen LogP contribution in [0.15, 0.2) is 6.07 Å². The summed E-state index contributed by atoms with van der Waals surface area (Å²) >= 11 is 5.91. The molecule has 0 radical (unpaired) electrons. The molecule has 1 saturated carbocycles. The Morgan fingerprint density at radius 1 is 1.47 bits per heavy atom. The Hall–Kier alpha value is -0.830. The van der Waals surface area contributed by atoms with E-state index in [2.05, 4.69) is 22.2 Å². The molecule has 0 saturated heterocycles. The van der Waals surface area contributed by atoms with Gasteiger partial charge >= 0.3 is 0 Å². The van der Waals surface area contributed by atoms with Gasteiger partial charge in [-0.05, 0) is 12.3 Å². The zero-order valence-electron chi connectivity index (χ0n) is 9.13. The molecule has 15 heavy (non-hydrogen) atoms. The third-order valence-corrected chi connectivity index (χ3v) is 3.03. The average molecular weight is 226 g/mol. The van der Waals surface area contributed by atoms with Gasteiger partial charge in [0.05, 0.1) is 0 Å². The highest BCUT2D eigenvalue weighted by atomic mass is 35.5. The van der Waals surface area contributed by atoms with Gasteiger partial charge in [-0.2, -0.15) is 0 Å². The van der Waals surface area contributed by atoms with Gasteiger partial charge in [-0.3, -0.25) is 0 Å². The Balaban J connectivity index is 2.05. The Labute approximate surface area is 95.3 Å². The van der Waals surface area contributed by atoms with Crippen molar-refractivity contribution in [3.63, 3.8) is 0 Å². The average Bonchev–Trinajstić information content (AvgIpc) is 2.95. The summed E-state index contributed by atoms with van der Waals surface area (Å²) in [5.74, 6) is 2.48. The van der Waals surface area contributed by atoms with Gasteiger partial charge in [-0.25, -0.2) is 9.97 Å². The van der Waals surface area contributed by atoms with E-state index in [9.17, 15) is 0 Å². The van der Waals surface area contributed by atoms with Crippen LogP contribution in [0.3, 0.4) is 0 Å². The normalized spacial score (nSPS) is 23.9. The molecule has 82 valence electrons. The van der Waals surface area contributed by atoms with Crippen molar-refractivity contribution in [2.45, 2.75) is 39.2 Å². The minimum atomic E-state index is 0.526. The van der Waals surface area contributed by atoms with Gasteiger partial charge in [-0.15, -0.1) is 0 Å². The van der Waals surface area contributed by atoms with Crippen molar-refractivity contribution in [3.8, 4) is 0 Å². The Bertz CT molecular complexity index is 354. The number of nitrogens with one attached hydrogen (secondary N) is 1. The van der Waals surface area contributed by atoms with Crippen LogP contribution in [0.5, 0.6) is 0 Å². The van der Waals surface area contributed by atoms with Crippen LogP contribution in [0.4, 0.5) is 5.82 Å². The van der Waals surface area contributed by atoms with Crippen molar-refractivity contribution in [1.82, 2.24) is 9.97 Å². The number of hydrogen-bond acceptors (Lipinski definition) is 3. The van der Waals surface area contributed by atoms with Crippen LogP contribution < -0.4 is 5.32 Å². The van der Waals surface area contributed by atoms with Crippen molar-refractivity contribution in [3.05, 3.63) is 17.0 Å². The molecule has 1 aromatic heterocycles. The predicted octanol–water partition coefficient (Wildman–Crippen LogP) is 2.90. The summed E-state index contributed by atoms with van der Waals surface area (Å²) in [5, 5.41) is 3.92. The van der Waals surface area contributed by atoms with Crippen molar-refractivity contribution >= 4 is 17.4 Å². The minimum absolute atomic E-state index is 0.526. The second kappa shape index (κ2) is 4.35. The molecular formula is C11H16ClN3. The lowest BCUT2D eigenvalue weighted by atomic mass is 10.3. The lowest BCUT2D eigenvalue weighted by Crippen LogP contribution is -2.08. The van der Waals surface area contributed by atoms with E-state index in [4.69, 9.17) is 11.6 Å². The molecule has 1 fully saturated rings. The lowest BCUT2D eigenvalue weighted by molar-refractivity contribution is 0.772. The van der Waals surface area contributed by atoms with Gasteiger partial charge in [0.1, 0.15) is 16.8 Å². The van der Waals surface area contributed by atoms with Gasteiger partial charge in [0.2, 0.25) is 0 Å². The van der Waals surface area contributed by atoms with E-state index < -0.39 is 0 Å². The fourth-order valence-electron chi connectivity index (χ4n) is 1.76. The van der Waals surface area contributed by atoms with E-state index >= 15 is 0 Å². The van der Waals surface area contributed by atoms with E-state index in [0.717, 1.165) is 24.0 Å². The fourth-order valence-corrected chi connectivity index (χ4v) is 1.96. The maximum atomic E-state index is 5.91. The highest BCUT2D eigenvalue weighted by molar-refractivity contribution is 6.29. The first-order valence-corrected chi connectivity index (χ1v) is 5.90. The van der Waals surface area contributed by atoms with Crippen LogP contribution in [-0.4, -0.2) is 16.0 Å².